The number of amides is 1. The summed E-state index contributed by atoms with van der Waals surface area (Å²) in [4.78, 5) is 21.0. The largest absolute Gasteiger partial charge is 0.480 e. The number of carbonyl (C=O) groups excluding carboxylic acids is 1. The topological polar surface area (TPSA) is 78.4 Å². The van der Waals surface area contributed by atoms with Gasteiger partial charge in [0.05, 0.1) is 0 Å². The maximum atomic E-state index is 12.0. The predicted molar refractivity (Wildman–Crippen MR) is 65.7 cm³/mol. The molecule has 0 bridgehead atoms. The van der Waals surface area contributed by atoms with E-state index in [4.69, 9.17) is 5.11 Å². The zero-order valence-electron chi connectivity index (χ0n) is 9.91. The highest BCUT2D eigenvalue weighted by molar-refractivity contribution is 7.80. The van der Waals surface area contributed by atoms with Gasteiger partial charge >= 0.3 is 5.97 Å². The lowest BCUT2D eigenvalue weighted by molar-refractivity contribution is -0.141. The lowest BCUT2D eigenvalue weighted by Crippen LogP contribution is -2.39. The molecule has 3 N–H and O–H groups in total. The third kappa shape index (κ3) is 7.88. The second-order valence-corrected chi connectivity index (χ2v) is 4.12. The minimum Gasteiger partial charge on any atom is -0.480 e. The predicted octanol–water partition coefficient (Wildman–Crippen LogP) is 0.928. The molecular weight excluding hydrogens is 266 g/mol. The normalized spacial score (nSPS) is 12.0. The van der Waals surface area contributed by atoms with Crippen molar-refractivity contribution < 1.29 is 23.5 Å². The third-order valence-electron chi connectivity index (χ3n) is 2.09. The van der Waals surface area contributed by atoms with Gasteiger partial charge in [-0.25, -0.2) is 13.6 Å². The van der Waals surface area contributed by atoms with Gasteiger partial charge in [-0.05, 0) is 19.3 Å². The van der Waals surface area contributed by atoms with E-state index < -0.39 is 29.3 Å². The molecule has 0 fully saturated rings. The van der Waals surface area contributed by atoms with Crippen LogP contribution in [0.2, 0.25) is 0 Å². The molecule has 0 aromatic carbocycles. The Morgan fingerprint density at radius 2 is 1.94 bits per heavy atom. The van der Waals surface area contributed by atoms with E-state index in [1.54, 1.807) is 0 Å². The molecule has 0 saturated carbocycles. The smallest absolute Gasteiger partial charge is 0.326 e. The molecule has 0 heterocycles. The van der Waals surface area contributed by atoms with Crippen molar-refractivity contribution >= 4 is 29.1 Å². The van der Waals surface area contributed by atoms with E-state index in [1.807, 2.05) is 0 Å². The zero-order chi connectivity index (χ0) is 14.1. The van der Waals surface area contributed by atoms with Gasteiger partial charge in [0.1, 0.15) is 11.0 Å². The van der Waals surface area contributed by atoms with Crippen molar-refractivity contribution in [3.05, 3.63) is 0 Å². The number of hydrogen-bond donors (Lipinski definition) is 3. The molecule has 104 valence electrons. The Bertz CT molecular complexity index is 313. The SMILES string of the molecule is CC(=O)N[C@@H](CCCCNC(=S)C(F)F)C(=O)O. The average Bonchev–Trinajstić information content (AvgIpc) is 2.25. The van der Waals surface area contributed by atoms with Gasteiger partial charge in [-0.3, -0.25) is 4.79 Å². The van der Waals surface area contributed by atoms with E-state index >= 15 is 0 Å². The van der Waals surface area contributed by atoms with Gasteiger partial charge < -0.3 is 15.7 Å². The van der Waals surface area contributed by atoms with Gasteiger partial charge in [0.25, 0.3) is 6.43 Å². The van der Waals surface area contributed by atoms with Crippen LogP contribution in [0.25, 0.3) is 0 Å². The van der Waals surface area contributed by atoms with Gasteiger partial charge in [-0.15, -0.1) is 0 Å². The van der Waals surface area contributed by atoms with Crippen LogP contribution >= 0.6 is 12.2 Å². The van der Waals surface area contributed by atoms with Crippen LogP contribution in [0.3, 0.4) is 0 Å². The third-order valence-corrected chi connectivity index (χ3v) is 2.42. The quantitative estimate of drug-likeness (QED) is 0.456. The van der Waals surface area contributed by atoms with Crippen LogP contribution in [0.1, 0.15) is 26.2 Å². The summed E-state index contributed by atoms with van der Waals surface area (Å²) in [6.45, 7) is 1.49. The molecule has 0 aromatic heterocycles. The standard InChI is InChI=1S/C10H16F2N2O3S/c1-6(15)14-7(10(16)17)4-2-3-5-13-9(18)8(11)12/h7-8H,2-5H2,1H3,(H,13,18)(H,14,15)(H,16,17)/t7-/m0/s1. The van der Waals surface area contributed by atoms with Crippen molar-refractivity contribution in [1.82, 2.24) is 10.6 Å². The molecule has 0 radical (unpaired) electrons. The van der Waals surface area contributed by atoms with Crippen molar-refractivity contribution in [2.45, 2.75) is 38.7 Å². The first-order valence-corrected chi connectivity index (χ1v) is 5.81. The first-order valence-electron chi connectivity index (χ1n) is 5.40. The van der Waals surface area contributed by atoms with Crippen LogP contribution in [0.15, 0.2) is 0 Å². The summed E-state index contributed by atoms with van der Waals surface area (Å²) in [5.74, 6) is -1.53. The molecule has 0 saturated heterocycles. The average molecular weight is 282 g/mol. The highest BCUT2D eigenvalue weighted by Gasteiger charge is 2.17. The van der Waals surface area contributed by atoms with E-state index in [0.717, 1.165) is 0 Å². The number of halogens is 2. The molecule has 1 atom stereocenters. The minimum atomic E-state index is -2.67. The van der Waals surface area contributed by atoms with Crippen molar-refractivity contribution in [3.63, 3.8) is 0 Å². The minimum absolute atomic E-state index is 0.248. The van der Waals surface area contributed by atoms with Crippen molar-refractivity contribution in [1.29, 1.82) is 0 Å². The summed E-state index contributed by atoms with van der Waals surface area (Å²) in [6, 6.07) is -0.940. The summed E-state index contributed by atoms with van der Waals surface area (Å²) in [7, 11) is 0. The summed E-state index contributed by atoms with van der Waals surface area (Å²) in [6.07, 6.45) is -1.45. The van der Waals surface area contributed by atoms with Crippen LogP contribution in [0.4, 0.5) is 8.78 Å². The van der Waals surface area contributed by atoms with Crippen molar-refractivity contribution in [3.8, 4) is 0 Å². The van der Waals surface area contributed by atoms with Gasteiger partial charge in [-0.1, -0.05) is 12.2 Å². The van der Waals surface area contributed by atoms with Crippen LogP contribution in [-0.4, -0.2) is 41.0 Å². The summed E-state index contributed by atoms with van der Waals surface area (Å²) in [5.41, 5.74) is 0. The molecule has 18 heavy (non-hydrogen) atoms. The first-order chi connectivity index (χ1) is 8.34. The molecule has 5 nitrogen and oxygen atoms in total. The maximum Gasteiger partial charge on any atom is 0.326 e. The second-order valence-electron chi connectivity index (χ2n) is 3.68. The fraction of sp³-hybridized carbons (Fsp3) is 0.700. The Balaban J connectivity index is 3.77. The number of carbonyl (C=O) groups is 2. The lowest BCUT2D eigenvalue weighted by Gasteiger charge is -2.13. The number of carboxylic acids is 1. The number of rotatable bonds is 8. The Hall–Kier alpha value is -1.31. The fourth-order valence-electron chi connectivity index (χ4n) is 1.26. The number of carboxylic acid groups (broad SMARTS) is 1. The number of aliphatic carboxylic acids is 1. The highest BCUT2D eigenvalue weighted by Crippen LogP contribution is 2.02. The van der Waals surface area contributed by atoms with Crippen LogP contribution in [-0.2, 0) is 9.59 Å². The number of hydrogen-bond acceptors (Lipinski definition) is 3. The molecule has 0 aliphatic heterocycles. The van der Waals surface area contributed by atoms with Gasteiger partial charge in [0.2, 0.25) is 5.91 Å². The maximum absolute atomic E-state index is 12.0. The van der Waals surface area contributed by atoms with E-state index in [9.17, 15) is 18.4 Å². The first kappa shape index (κ1) is 16.7. The van der Waals surface area contributed by atoms with Crippen LogP contribution < -0.4 is 10.6 Å². The van der Waals surface area contributed by atoms with E-state index in [0.29, 0.717) is 12.8 Å². The second kappa shape index (κ2) is 8.73. The van der Waals surface area contributed by atoms with Gasteiger partial charge in [0, 0.05) is 13.5 Å². The number of thiocarbonyl (C=S) groups is 1. The molecule has 0 aliphatic carbocycles. The Kier molecular flexibility index (Phi) is 8.10. The number of nitrogens with one attached hydrogen (secondary N) is 2. The number of alkyl halides is 2. The monoisotopic (exact) mass is 282 g/mol. The van der Waals surface area contributed by atoms with E-state index in [2.05, 4.69) is 22.9 Å². The summed E-state index contributed by atoms with van der Waals surface area (Å²) >= 11 is 4.37. The van der Waals surface area contributed by atoms with Gasteiger partial charge in [-0.2, -0.15) is 0 Å². The van der Waals surface area contributed by atoms with E-state index in [1.165, 1.54) is 6.92 Å². The molecular formula is C10H16F2N2O3S. The Labute approximate surface area is 109 Å². The molecule has 0 aromatic rings. The molecule has 0 rings (SSSR count). The zero-order valence-corrected chi connectivity index (χ0v) is 10.7. The van der Waals surface area contributed by atoms with Gasteiger partial charge in [0.15, 0.2) is 0 Å². The van der Waals surface area contributed by atoms with Crippen molar-refractivity contribution in [2.24, 2.45) is 0 Å². The summed E-state index contributed by atoms with van der Waals surface area (Å²) < 4.78 is 24.0. The van der Waals surface area contributed by atoms with Crippen molar-refractivity contribution in [2.75, 3.05) is 6.54 Å². The number of unbranched alkanes of at least 4 members (excludes halogenated alkanes) is 1. The van der Waals surface area contributed by atoms with E-state index in [-0.39, 0.29) is 13.0 Å². The summed E-state index contributed by atoms with van der Waals surface area (Å²) in [5, 5.41) is 13.5. The Morgan fingerprint density at radius 1 is 1.33 bits per heavy atom. The lowest BCUT2D eigenvalue weighted by atomic mass is 10.1. The molecule has 0 spiro atoms. The van der Waals surface area contributed by atoms with Crippen LogP contribution in [0, 0.1) is 0 Å². The fourth-order valence-corrected chi connectivity index (χ4v) is 1.37. The van der Waals surface area contributed by atoms with Crippen LogP contribution in [0.5, 0.6) is 0 Å². The highest BCUT2D eigenvalue weighted by atomic mass is 32.1. The molecule has 1 amide bonds. The molecule has 0 unspecified atom stereocenters. The molecule has 8 heteroatoms. The Morgan fingerprint density at radius 3 is 2.39 bits per heavy atom. The molecule has 0 aliphatic rings.